The molecule has 0 heterocycles. The number of hydrogen-bond acceptors (Lipinski definition) is 2. The van der Waals surface area contributed by atoms with Gasteiger partial charge in [-0.3, -0.25) is 4.79 Å². The van der Waals surface area contributed by atoms with Gasteiger partial charge in [-0.05, 0) is 24.2 Å². The second kappa shape index (κ2) is 5.17. The highest BCUT2D eigenvalue weighted by Crippen LogP contribution is 2.29. The van der Waals surface area contributed by atoms with Crippen LogP contribution in [0, 0.1) is 17.3 Å². The molecule has 1 fully saturated rings. The predicted octanol–water partition coefficient (Wildman–Crippen LogP) is 1.91. The first-order chi connectivity index (χ1) is 7.31. The monoisotopic (exact) mass is 226 g/mol. The molecular weight excluding hydrogens is 200 g/mol. The maximum atomic E-state index is 12.0. The van der Waals surface area contributed by atoms with Gasteiger partial charge in [0.15, 0.2) is 0 Å². The van der Waals surface area contributed by atoms with Crippen LogP contribution in [-0.4, -0.2) is 18.5 Å². The summed E-state index contributed by atoms with van der Waals surface area (Å²) in [6.45, 7) is 9.23. The first-order valence-corrected chi connectivity index (χ1v) is 6.34. The summed E-state index contributed by atoms with van der Waals surface area (Å²) in [6.07, 6.45) is 3.13. The van der Waals surface area contributed by atoms with Gasteiger partial charge in [0.25, 0.3) is 0 Å². The third kappa shape index (κ3) is 3.78. The normalized spacial score (nSPS) is 31.2. The standard InChI is InChI=1S/C13H26N2O/c1-9-10(6-5-7-11(9)14)12(16)15-8-13(2,3)4/h9-11H,5-8,14H2,1-4H3,(H,15,16). The van der Waals surface area contributed by atoms with Gasteiger partial charge >= 0.3 is 0 Å². The molecule has 3 unspecified atom stereocenters. The number of hydrogen-bond donors (Lipinski definition) is 2. The van der Waals surface area contributed by atoms with Crippen molar-refractivity contribution >= 4 is 5.91 Å². The van der Waals surface area contributed by atoms with Crippen LogP contribution in [0.4, 0.5) is 0 Å². The summed E-state index contributed by atoms with van der Waals surface area (Å²) in [5, 5.41) is 3.05. The van der Waals surface area contributed by atoms with Gasteiger partial charge in [0, 0.05) is 18.5 Å². The maximum absolute atomic E-state index is 12.0. The molecule has 1 aliphatic carbocycles. The molecule has 3 heteroatoms. The van der Waals surface area contributed by atoms with E-state index in [9.17, 15) is 4.79 Å². The van der Waals surface area contributed by atoms with E-state index in [-0.39, 0.29) is 23.3 Å². The second-order valence-corrected chi connectivity index (χ2v) is 6.34. The average molecular weight is 226 g/mol. The molecule has 0 saturated heterocycles. The Labute approximate surface area is 99.2 Å². The highest BCUT2D eigenvalue weighted by atomic mass is 16.1. The van der Waals surface area contributed by atoms with Crippen LogP contribution in [0.25, 0.3) is 0 Å². The fourth-order valence-electron chi connectivity index (χ4n) is 2.25. The Kier molecular flexibility index (Phi) is 4.36. The lowest BCUT2D eigenvalue weighted by atomic mass is 9.77. The predicted molar refractivity (Wildman–Crippen MR) is 66.9 cm³/mol. The van der Waals surface area contributed by atoms with Crippen LogP contribution < -0.4 is 11.1 Å². The lowest BCUT2D eigenvalue weighted by Crippen LogP contribution is -2.45. The molecule has 0 spiro atoms. The molecule has 1 rings (SSSR count). The van der Waals surface area contributed by atoms with Crippen molar-refractivity contribution in [2.45, 2.75) is 53.0 Å². The minimum Gasteiger partial charge on any atom is -0.355 e. The molecule has 16 heavy (non-hydrogen) atoms. The highest BCUT2D eigenvalue weighted by Gasteiger charge is 2.32. The molecule has 0 radical (unpaired) electrons. The Morgan fingerprint density at radius 1 is 1.38 bits per heavy atom. The van der Waals surface area contributed by atoms with Gasteiger partial charge in [0.1, 0.15) is 0 Å². The molecule has 1 saturated carbocycles. The molecule has 0 aromatic carbocycles. The third-order valence-electron chi connectivity index (χ3n) is 3.49. The summed E-state index contributed by atoms with van der Waals surface area (Å²) in [5.41, 5.74) is 6.16. The molecular formula is C13H26N2O. The molecule has 1 amide bonds. The molecule has 0 bridgehead atoms. The number of carbonyl (C=O) groups is 1. The second-order valence-electron chi connectivity index (χ2n) is 6.34. The van der Waals surface area contributed by atoms with E-state index in [0.29, 0.717) is 5.92 Å². The van der Waals surface area contributed by atoms with Crippen LogP contribution in [0.1, 0.15) is 47.0 Å². The molecule has 1 aliphatic rings. The topological polar surface area (TPSA) is 55.1 Å². The lowest BCUT2D eigenvalue weighted by molar-refractivity contribution is -0.128. The van der Waals surface area contributed by atoms with E-state index < -0.39 is 0 Å². The summed E-state index contributed by atoms with van der Waals surface area (Å²) in [5.74, 6) is 0.623. The molecule has 0 aromatic heterocycles. The zero-order valence-corrected chi connectivity index (χ0v) is 11.0. The Morgan fingerprint density at radius 3 is 2.56 bits per heavy atom. The van der Waals surface area contributed by atoms with E-state index in [0.717, 1.165) is 25.8 Å². The SMILES string of the molecule is CC1C(N)CCCC1C(=O)NCC(C)(C)C. The van der Waals surface area contributed by atoms with Crippen molar-refractivity contribution in [3.8, 4) is 0 Å². The summed E-state index contributed by atoms with van der Waals surface area (Å²) >= 11 is 0. The number of carbonyl (C=O) groups excluding carboxylic acids is 1. The van der Waals surface area contributed by atoms with Gasteiger partial charge in [-0.15, -0.1) is 0 Å². The van der Waals surface area contributed by atoms with Crippen molar-refractivity contribution in [2.24, 2.45) is 23.0 Å². The molecule has 0 aliphatic heterocycles. The van der Waals surface area contributed by atoms with Gasteiger partial charge in [0.2, 0.25) is 5.91 Å². The van der Waals surface area contributed by atoms with Crippen molar-refractivity contribution < 1.29 is 4.79 Å². The lowest BCUT2D eigenvalue weighted by Gasteiger charge is -2.33. The van der Waals surface area contributed by atoms with E-state index in [1.54, 1.807) is 0 Å². The molecule has 3 nitrogen and oxygen atoms in total. The van der Waals surface area contributed by atoms with Gasteiger partial charge in [-0.1, -0.05) is 34.1 Å². The molecule has 3 atom stereocenters. The minimum absolute atomic E-state index is 0.117. The van der Waals surface area contributed by atoms with E-state index in [4.69, 9.17) is 5.73 Å². The van der Waals surface area contributed by atoms with Gasteiger partial charge in [0.05, 0.1) is 0 Å². The summed E-state index contributed by atoms with van der Waals surface area (Å²) in [4.78, 5) is 12.0. The summed E-state index contributed by atoms with van der Waals surface area (Å²) < 4.78 is 0. The fourth-order valence-corrected chi connectivity index (χ4v) is 2.25. The van der Waals surface area contributed by atoms with Crippen LogP contribution in [0.15, 0.2) is 0 Å². The quantitative estimate of drug-likeness (QED) is 0.755. The number of nitrogens with one attached hydrogen (secondary N) is 1. The molecule has 3 N–H and O–H groups in total. The van der Waals surface area contributed by atoms with Crippen molar-refractivity contribution in [1.29, 1.82) is 0 Å². The van der Waals surface area contributed by atoms with E-state index in [1.807, 2.05) is 0 Å². The van der Waals surface area contributed by atoms with Crippen LogP contribution in [0.5, 0.6) is 0 Å². The minimum atomic E-state index is 0.117. The number of nitrogens with two attached hydrogens (primary N) is 1. The van der Waals surface area contributed by atoms with E-state index in [2.05, 4.69) is 33.0 Å². The Balaban J connectivity index is 2.47. The fraction of sp³-hybridized carbons (Fsp3) is 0.923. The van der Waals surface area contributed by atoms with Crippen LogP contribution >= 0.6 is 0 Å². The molecule has 0 aromatic rings. The average Bonchev–Trinajstić information content (AvgIpc) is 2.17. The van der Waals surface area contributed by atoms with Gasteiger partial charge < -0.3 is 11.1 Å². The zero-order valence-electron chi connectivity index (χ0n) is 11.0. The summed E-state index contributed by atoms with van der Waals surface area (Å²) in [6, 6.07) is 0.194. The van der Waals surface area contributed by atoms with Crippen LogP contribution in [0.3, 0.4) is 0 Å². The maximum Gasteiger partial charge on any atom is 0.223 e. The van der Waals surface area contributed by atoms with Crippen molar-refractivity contribution in [2.75, 3.05) is 6.54 Å². The van der Waals surface area contributed by atoms with Crippen molar-refractivity contribution in [3.63, 3.8) is 0 Å². The smallest absolute Gasteiger partial charge is 0.223 e. The van der Waals surface area contributed by atoms with Crippen molar-refractivity contribution in [1.82, 2.24) is 5.32 Å². The van der Waals surface area contributed by atoms with Gasteiger partial charge in [-0.2, -0.15) is 0 Å². The Hall–Kier alpha value is -0.570. The highest BCUT2D eigenvalue weighted by molar-refractivity contribution is 5.79. The summed E-state index contributed by atoms with van der Waals surface area (Å²) in [7, 11) is 0. The first-order valence-electron chi connectivity index (χ1n) is 6.34. The largest absolute Gasteiger partial charge is 0.355 e. The zero-order chi connectivity index (χ0) is 12.3. The number of amides is 1. The first kappa shape index (κ1) is 13.5. The van der Waals surface area contributed by atoms with Gasteiger partial charge in [-0.25, -0.2) is 0 Å². The third-order valence-corrected chi connectivity index (χ3v) is 3.49. The Bertz CT molecular complexity index is 245. The van der Waals surface area contributed by atoms with E-state index in [1.165, 1.54) is 0 Å². The Morgan fingerprint density at radius 2 is 2.00 bits per heavy atom. The van der Waals surface area contributed by atoms with Crippen LogP contribution in [0.2, 0.25) is 0 Å². The van der Waals surface area contributed by atoms with Crippen LogP contribution in [-0.2, 0) is 4.79 Å². The van der Waals surface area contributed by atoms with E-state index >= 15 is 0 Å². The number of rotatable bonds is 2. The van der Waals surface area contributed by atoms with Crippen molar-refractivity contribution in [3.05, 3.63) is 0 Å². The molecule has 94 valence electrons.